The minimum absolute atomic E-state index is 0.102. The maximum Gasteiger partial charge on any atom is 0.265 e. The van der Waals surface area contributed by atoms with Crippen LogP contribution in [0, 0.1) is 6.92 Å². The Hall–Kier alpha value is -2.12. The fraction of sp³-hybridized carbons (Fsp3) is 0.316. The van der Waals surface area contributed by atoms with E-state index in [4.69, 9.17) is 4.98 Å². The molecule has 0 spiro atoms. The first-order valence-electron chi connectivity index (χ1n) is 8.62. The maximum absolute atomic E-state index is 12.7. The summed E-state index contributed by atoms with van der Waals surface area (Å²) in [4.78, 5) is 25.9. The number of aryl methyl sites for hydroxylation is 1. The van der Waals surface area contributed by atoms with Crippen LogP contribution in [-0.4, -0.2) is 35.2 Å². The number of thioether (sulfide) groups is 1. The highest BCUT2D eigenvalue weighted by molar-refractivity contribution is 7.98. The van der Waals surface area contributed by atoms with Gasteiger partial charge in [-0.1, -0.05) is 29.5 Å². The second-order valence-electron chi connectivity index (χ2n) is 6.38. The lowest BCUT2D eigenvalue weighted by atomic mass is 10.2. The lowest BCUT2D eigenvalue weighted by Gasteiger charge is -2.17. The number of carbonyl (C=O) groups is 1. The van der Waals surface area contributed by atoms with Gasteiger partial charge in [-0.3, -0.25) is 4.79 Å². The van der Waals surface area contributed by atoms with Crippen LogP contribution in [0.25, 0.3) is 10.2 Å². The van der Waals surface area contributed by atoms with Crippen LogP contribution in [-0.2, 0) is 0 Å². The highest BCUT2D eigenvalue weighted by Crippen LogP contribution is 2.34. The van der Waals surface area contributed by atoms with Gasteiger partial charge in [-0.05, 0) is 44.2 Å². The fourth-order valence-corrected chi connectivity index (χ4v) is 4.43. The second-order valence-corrected chi connectivity index (χ2v) is 8.18. The number of hydrogen-bond acceptors (Lipinski definition) is 6. The molecule has 3 aromatic rings. The van der Waals surface area contributed by atoms with Crippen molar-refractivity contribution in [1.29, 1.82) is 0 Å². The summed E-state index contributed by atoms with van der Waals surface area (Å²) in [6.07, 6.45) is 4.35. The molecule has 7 heteroatoms. The Morgan fingerprint density at radius 2 is 1.92 bits per heavy atom. The number of fused-ring (bicyclic) bond motifs is 1. The highest BCUT2D eigenvalue weighted by atomic mass is 32.2. The van der Waals surface area contributed by atoms with Gasteiger partial charge in [-0.15, -0.1) is 11.3 Å². The molecule has 3 heterocycles. The largest absolute Gasteiger partial charge is 0.356 e. The SMILES string of the molecule is CSc1nc(N2CCCC2)c2cc(C(=O)Nc3ccc(C)cc3)sc2n1. The van der Waals surface area contributed by atoms with E-state index in [1.165, 1.54) is 41.5 Å². The predicted molar refractivity (Wildman–Crippen MR) is 110 cm³/mol. The molecule has 0 saturated carbocycles. The Morgan fingerprint density at radius 3 is 2.62 bits per heavy atom. The van der Waals surface area contributed by atoms with Crippen LogP contribution in [0.15, 0.2) is 35.5 Å². The number of nitrogens with zero attached hydrogens (tertiary/aromatic N) is 3. The molecule has 2 aromatic heterocycles. The Balaban J connectivity index is 1.68. The molecule has 5 nitrogen and oxygen atoms in total. The summed E-state index contributed by atoms with van der Waals surface area (Å²) in [5, 5.41) is 4.70. The molecule has 4 rings (SSSR count). The van der Waals surface area contributed by atoms with Crippen LogP contribution in [0.2, 0.25) is 0 Å². The number of anilines is 2. The summed E-state index contributed by atoms with van der Waals surface area (Å²) in [5.41, 5.74) is 1.97. The van der Waals surface area contributed by atoms with Crippen molar-refractivity contribution >= 4 is 50.7 Å². The van der Waals surface area contributed by atoms with E-state index in [-0.39, 0.29) is 5.91 Å². The van der Waals surface area contributed by atoms with Crippen LogP contribution in [0.4, 0.5) is 11.5 Å². The molecule has 26 heavy (non-hydrogen) atoms. The third kappa shape index (κ3) is 3.41. The van der Waals surface area contributed by atoms with Crippen molar-refractivity contribution in [2.75, 3.05) is 29.6 Å². The van der Waals surface area contributed by atoms with Crippen LogP contribution in [0.3, 0.4) is 0 Å². The van der Waals surface area contributed by atoms with E-state index in [2.05, 4.69) is 15.2 Å². The molecule has 1 fully saturated rings. The zero-order valence-corrected chi connectivity index (χ0v) is 16.4. The van der Waals surface area contributed by atoms with Gasteiger partial charge in [0.1, 0.15) is 10.6 Å². The zero-order chi connectivity index (χ0) is 18.1. The number of rotatable bonds is 4. The molecule has 1 saturated heterocycles. The third-order valence-corrected chi connectivity index (χ3v) is 6.05. The Morgan fingerprint density at radius 1 is 1.19 bits per heavy atom. The number of carbonyl (C=O) groups excluding carboxylic acids is 1. The molecule has 134 valence electrons. The topological polar surface area (TPSA) is 58.1 Å². The number of benzene rings is 1. The summed E-state index contributed by atoms with van der Waals surface area (Å²) in [6, 6.07) is 9.75. The van der Waals surface area contributed by atoms with Gasteiger partial charge in [0, 0.05) is 18.8 Å². The number of hydrogen-bond donors (Lipinski definition) is 1. The summed E-state index contributed by atoms with van der Waals surface area (Å²) < 4.78 is 0. The van der Waals surface area contributed by atoms with Crippen molar-refractivity contribution in [2.24, 2.45) is 0 Å². The monoisotopic (exact) mass is 384 g/mol. The van der Waals surface area contributed by atoms with Crippen molar-refractivity contribution in [3.8, 4) is 0 Å². The standard InChI is InChI=1S/C19H20N4OS2/c1-12-5-7-13(8-6-12)20-17(24)15-11-14-16(23-9-3-4-10-23)21-19(25-2)22-18(14)26-15/h5-8,11H,3-4,9-10H2,1-2H3,(H,20,24). The first-order chi connectivity index (χ1) is 12.6. The molecule has 0 bridgehead atoms. The average Bonchev–Trinajstić information content (AvgIpc) is 3.32. The van der Waals surface area contributed by atoms with Gasteiger partial charge in [0.25, 0.3) is 5.91 Å². The van der Waals surface area contributed by atoms with E-state index in [0.717, 1.165) is 40.0 Å². The van der Waals surface area contributed by atoms with Gasteiger partial charge in [0.05, 0.1) is 10.3 Å². The molecule has 0 aliphatic carbocycles. The first kappa shape index (κ1) is 17.3. The van der Waals surface area contributed by atoms with Crippen molar-refractivity contribution < 1.29 is 4.79 Å². The molecule has 1 aromatic carbocycles. The minimum Gasteiger partial charge on any atom is -0.356 e. The summed E-state index contributed by atoms with van der Waals surface area (Å²) >= 11 is 2.96. The van der Waals surface area contributed by atoms with Crippen molar-refractivity contribution in [3.63, 3.8) is 0 Å². The maximum atomic E-state index is 12.7. The quantitative estimate of drug-likeness (QED) is 0.527. The molecule has 0 unspecified atom stereocenters. The smallest absolute Gasteiger partial charge is 0.265 e. The van der Waals surface area contributed by atoms with Crippen LogP contribution >= 0.6 is 23.1 Å². The van der Waals surface area contributed by atoms with Crippen molar-refractivity contribution in [1.82, 2.24) is 9.97 Å². The van der Waals surface area contributed by atoms with Gasteiger partial charge in [-0.2, -0.15) is 0 Å². The molecular weight excluding hydrogens is 364 g/mol. The molecule has 0 radical (unpaired) electrons. The predicted octanol–water partition coefficient (Wildman–Crippen LogP) is 4.57. The number of thiophene rings is 1. The third-order valence-electron chi connectivity index (χ3n) is 4.47. The summed E-state index contributed by atoms with van der Waals surface area (Å²) in [6.45, 7) is 4.06. The Labute approximate surface area is 160 Å². The van der Waals surface area contributed by atoms with E-state index in [0.29, 0.717) is 4.88 Å². The van der Waals surface area contributed by atoms with Crippen molar-refractivity contribution in [2.45, 2.75) is 24.9 Å². The van der Waals surface area contributed by atoms with E-state index in [1.54, 1.807) is 0 Å². The van der Waals surface area contributed by atoms with E-state index in [9.17, 15) is 4.79 Å². The number of nitrogens with one attached hydrogen (secondary N) is 1. The number of aromatic nitrogens is 2. The van der Waals surface area contributed by atoms with Crippen LogP contribution in [0.5, 0.6) is 0 Å². The zero-order valence-electron chi connectivity index (χ0n) is 14.8. The molecule has 1 N–H and O–H groups in total. The van der Waals surface area contributed by atoms with Gasteiger partial charge in [-0.25, -0.2) is 9.97 Å². The summed E-state index contributed by atoms with van der Waals surface area (Å²) in [5.74, 6) is 0.859. The van der Waals surface area contributed by atoms with E-state index >= 15 is 0 Å². The van der Waals surface area contributed by atoms with Gasteiger partial charge < -0.3 is 10.2 Å². The second kappa shape index (κ2) is 7.25. The molecular formula is C19H20N4OS2. The lowest BCUT2D eigenvalue weighted by Crippen LogP contribution is -2.19. The average molecular weight is 385 g/mol. The summed E-state index contributed by atoms with van der Waals surface area (Å²) in [7, 11) is 0. The van der Waals surface area contributed by atoms with E-state index in [1.807, 2.05) is 43.5 Å². The van der Waals surface area contributed by atoms with Gasteiger partial charge in [0.15, 0.2) is 5.16 Å². The lowest BCUT2D eigenvalue weighted by molar-refractivity contribution is 0.103. The number of amides is 1. The van der Waals surface area contributed by atoms with Crippen molar-refractivity contribution in [3.05, 3.63) is 40.8 Å². The first-order valence-corrected chi connectivity index (χ1v) is 10.7. The van der Waals surface area contributed by atoms with Crippen LogP contribution in [0.1, 0.15) is 28.1 Å². The normalized spacial score (nSPS) is 14.2. The Kier molecular flexibility index (Phi) is 4.82. The Bertz CT molecular complexity index is 946. The minimum atomic E-state index is -0.102. The van der Waals surface area contributed by atoms with E-state index < -0.39 is 0 Å². The fourth-order valence-electron chi connectivity index (χ4n) is 3.09. The van der Waals surface area contributed by atoms with Gasteiger partial charge in [0.2, 0.25) is 0 Å². The molecule has 1 aliphatic rings. The molecule has 1 aliphatic heterocycles. The highest BCUT2D eigenvalue weighted by Gasteiger charge is 2.21. The molecule has 0 atom stereocenters. The van der Waals surface area contributed by atoms with Crippen LogP contribution < -0.4 is 10.2 Å². The molecule has 1 amide bonds. The van der Waals surface area contributed by atoms with Gasteiger partial charge >= 0.3 is 0 Å².